The molecular weight excluding hydrogens is 545 g/mol. The number of ether oxygens (including phenoxy) is 1. The van der Waals surface area contributed by atoms with Crippen molar-refractivity contribution in [1.29, 1.82) is 0 Å². The molecule has 1 heterocycles. The zero-order valence-electron chi connectivity index (χ0n) is 23.1. The predicted octanol–water partition coefficient (Wildman–Crippen LogP) is 3.52. The van der Waals surface area contributed by atoms with Gasteiger partial charge in [0, 0.05) is 32.7 Å². The molecule has 1 aliphatic rings. The molecule has 0 spiro atoms. The van der Waals surface area contributed by atoms with Crippen LogP contribution in [0.25, 0.3) is 0 Å². The molecule has 0 bridgehead atoms. The molecule has 1 aliphatic heterocycles. The molecule has 0 aliphatic carbocycles. The van der Waals surface area contributed by atoms with Gasteiger partial charge in [-0.25, -0.2) is 12.8 Å². The van der Waals surface area contributed by atoms with Crippen molar-refractivity contribution in [2.45, 2.75) is 44.5 Å². The van der Waals surface area contributed by atoms with E-state index in [4.69, 9.17) is 4.74 Å². The molecule has 10 heteroatoms. The molecule has 1 fully saturated rings. The number of benzene rings is 3. The summed E-state index contributed by atoms with van der Waals surface area (Å²) in [5, 5.41) is 2.95. The number of halogens is 1. The average molecular weight is 582 g/mol. The Bertz CT molecular complexity index is 1380. The van der Waals surface area contributed by atoms with E-state index in [0.717, 1.165) is 34.5 Å². The minimum atomic E-state index is -3.78. The molecule has 8 nitrogen and oxygen atoms in total. The Labute approximate surface area is 241 Å². The maximum absolute atomic E-state index is 14.0. The molecule has 1 N–H and O–H groups in total. The van der Waals surface area contributed by atoms with Crippen LogP contribution in [-0.2, 0) is 43.9 Å². The van der Waals surface area contributed by atoms with Gasteiger partial charge in [0.25, 0.3) is 0 Å². The number of nitrogens with zero attached hydrogens (tertiary/aromatic N) is 2. The number of nitrogens with one attached hydrogen (secondary N) is 1. The van der Waals surface area contributed by atoms with Crippen LogP contribution in [-0.4, -0.2) is 67.5 Å². The van der Waals surface area contributed by atoms with Gasteiger partial charge in [0.2, 0.25) is 21.8 Å². The first-order chi connectivity index (χ1) is 19.7. The number of hydrogen-bond donors (Lipinski definition) is 1. The summed E-state index contributed by atoms with van der Waals surface area (Å²) in [5.41, 5.74) is 2.18. The monoisotopic (exact) mass is 581 g/mol. The summed E-state index contributed by atoms with van der Waals surface area (Å²) < 4.78 is 46.0. The lowest BCUT2D eigenvalue weighted by atomic mass is 10.0. The van der Waals surface area contributed by atoms with Gasteiger partial charge < -0.3 is 15.0 Å². The molecule has 218 valence electrons. The van der Waals surface area contributed by atoms with Crippen molar-refractivity contribution in [1.82, 2.24) is 14.5 Å². The Morgan fingerprint density at radius 2 is 1.54 bits per heavy atom. The van der Waals surface area contributed by atoms with Crippen molar-refractivity contribution in [3.8, 4) is 0 Å². The zero-order valence-corrected chi connectivity index (χ0v) is 23.9. The van der Waals surface area contributed by atoms with Gasteiger partial charge in [0.1, 0.15) is 11.9 Å². The van der Waals surface area contributed by atoms with E-state index in [-0.39, 0.29) is 31.5 Å². The molecule has 3 aromatic rings. The van der Waals surface area contributed by atoms with E-state index in [2.05, 4.69) is 5.32 Å². The Kier molecular flexibility index (Phi) is 10.6. The first-order valence-corrected chi connectivity index (χ1v) is 15.5. The van der Waals surface area contributed by atoms with Gasteiger partial charge in [-0.15, -0.1) is 0 Å². The summed E-state index contributed by atoms with van der Waals surface area (Å²) in [6.45, 7) is 0.495. The number of hydrogen-bond acceptors (Lipinski definition) is 5. The minimum Gasteiger partial charge on any atom is -0.376 e. The molecule has 0 unspecified atom stereocenters. The van der Waals surface area contributed by atoms with Gasteiger partial charge in [0.05, 0.1) is 18.9 Å². The minimum absolute atomic E-state index is 0.00433. The van der Waals surface area contributed by atoms with E-state index < -0.39 is 34.3 Å². The molecule has 2 atom stereocenters. The number of rotatable bonds is 13. The lowest BCUT2D eigenvalue weighted by molar-refractivity contribution is -0.141. The third-order valence-electron chi connectivity index (χ3n) is 7.05. The molecule has 4 rings (SSSR count). The van der Waals surface area contributed by atoms with Crippen LogP contribution in [0.15, 0.2) is 84.9 Å². The average Bonchev–Trinajstić information content (AvgIpc) is 3.49. The fourth-order valence-corrected chi connectivity index (χ4v) is 5.53. The Balaban J connectivity index is 1.65. The summed E-state index contributed by atoms with van der Waals surface area (Å²) in [6, 6.07) is 23.1. The predicted molar refractivity (Wildman–Crippen MR) is 155 cm³/mol. The van der Waals surface area contributed by atoms with E-state index in [1.54, 1.807) is 36.4 Å². The van der Waals surface area contributed by atoms with E-state index in [9.17, 15) is 22.4 Å². The van der Waals surface area contributed by atoms with Crippen molar-refractivity contribution in [2.24, 2.45) is 0 Å². The van der Waals surface area contributed by atoms with Crippen molar-refractivity contribution in [2.75, 3.05) is 26.0 Å². The number of carbonyl (C=O) groups is 2. The van der Waals surface area contributed by atoms with Gasteiger partial charge >= 0.3 is 0 Å². The maximum Gasteiger partial charge on any atom is 0.243 e. The normalized spacial score (nSPS) is 15.9. The van der Waals surface area contributed by atoms with Crippen LogP contribution in [0.3, 0.4) is 0 Å². The second-order valence-electron chi connectivity index (χ2n) is 10.3. The molecule has 2 amide bonds. The van der Waals surface area contributed by atoms with Crippen LogP contribution in [0.1, 0.15) is 29.5 Å². The summed E-state index contributed by atoms with van der Waals surface area (Å²) in [7, 11) is -3.78. The quantitative estimate of drug-likeness (QED) is 0.333. The Morgan fingerprint density at radius 1 is 0.927 bits per heavy atom. The van der Waals surface area contributed by atoms with Crippen LogP contribution in [0.5, 0.6) is 0 Å². The molecule has 0 aromatic heterocycles. The van der Waals surface area contributed by atoms with E-state index >= 15 is 0 Å². The highest BCUT2D eigenvalue weighted by Gasteiger charge is 2.33. The number of carbonyl (C=O) groups excluding carboxylic acids is 2. The molecule has 0 saturated carbocycles. The van der Waals surface area contributed by atoms with Crippen LogP contribution in [0, 0.1) is 5.82 Å². The van der Waals surface area contributed by atoms with Gasteiger partial charge in [-0.3, -0.25) is 9.59 Å². The lowest BCUT2D eigenvalue weighted by Crippen LogP contribution is -2.54. The van der Waals surface area contributed by atoms with Crippen LogP contribution < -0.4 is 5.32 Å². The van der Waals surface area contributed by atoms with E-state index in [1.807, 2.05) is 36.4 Å². The SMILES string of the molecule is CS(=O)(=O)N(CC(=O)N(Cc1ccc(F)cc1)[C@@H](Cc1ccccc1)C(=O)NC[C@H]1CCCO1)Cc1ccccc1. The van der Waals surface area contributed by atoms with Gasteiger partial charge in [-0.05, 0) is 41.7 Å². The zero-order chi connectivity index (χ0) is 29.2. The highest BCUT2D eigenvalue weighted by atomic mass is 32.2. The summed E-state index contributed by atoms with van der Waals surface area (Å²) in [6.07, 6.45) is 2.94. The summed E-state index contributed by atoms with van der Waals surface area (Å²) >= 11 is 0. The smallest absolute Gasteiger partial charge is 0.243 e. The third kappa shape index (κ3) is 9.21. The number of sulfonamides is 1. The first kappa shape index (κ1) is 30.4. The largest absolute Gasteiger partial charge is 0.376 e. The second-order valence-corrected chi connectivity index (χ2v) is 12.2. The van der Waals surface area contributed by atoms with Gasteiger partial charge in [0.15, 0.2) is 0 Å². The third-order valence-corrected chi connectivity index (χ3v) is 8.24. The summed E-state index contributed by atoms with van der Waals surface area (Å²) in [4.78, 5) is 29.1. The van der Waals surface area contributed by atoms with Crippen molar-refractivity contribution >= 4 is 21.8 Å². The fraction of sp³-hybridized carbons (Fsp3) is 0.355. The van der Waals surface area contributed by atoms with E-state index in [0.29, 0.717) is 18.7 Å². The van der Waals surface area contributed by atoms with Crippen molar-refractivity contribution in [3.63, 3.8) is 0 Å². The van der Waals surface area contributed by atoms with Crippen LogP contribution in [0.4, 0.5) is 4.39 Å². The highest BCUT2D eigenvalue weighted by molar-refractivity contribution is 7.88. The molecule has 3 aromatic carbocycles. The van der Waals surface area contributed by atoms with Crippen molar-refractivity contribution in [3.05, 3.63) is 107 Å². The Hall–Kier alpha value is -3.60. The number of amides is 2. The fourth-order valence-electron chi connectivity index (χ4n) is 4.80. The maximum atomic E-state index is 14.0. The lowest BCUT2D eigenvalue weighted by Gasteiger charge is -2.33. The molecule has 1 saturated heterocycles. The summed E-state index contributed by atoms with van der Waals surface area (Å²) in [5.74, 6) is -1.33. The van der Waals surface area contributed by atoms with Crippen LogP contribution >= 0.6 is 0 Å². The van der Waals surface area contributed by atoms with E-state index in [1.165, 1.54) is 17.0 Å². The van der Waals surface area contributed by atoms with Crippen LogP contribution in [0.2, 0.25) is 0 Å². The highest BCUT2D eigenvalue weighted by Crippen LogP contribution is 2.18. The van der Waals surface area contributed by atoms with Gasteiger partial charge in [-0.1, -0.05) is 72.8 Å². The second kappa shape index (κ2) is 14.3. The Morgan fingerprint density at radius 3 is 2.12 bits per heavy atom. The van der Waals surface area contributed by atoms with Crippen molar-refractivity contribution < 1.29 is 27.1 Å². The molecular formula is C31H36FN3O5S. The topological polar surface area (TPSA) is 96.0 Å². The first-order valence-electron chi connectivity index (χ1n) is 13.7. The molecule has 0 radical (unpaired) electrons. The molecule has 41 heavy (non-hydrogen) atoms. The standard InChI is InChI=1S/C31H36FN3O5S/c1-41(38,39)34(21-25-11-6-3-7-12-25)23-30(36)35(22-26-14-16-27(32)17-15-26)29(19-24-9-4-2-5-10-24)31(37)33-20-28-13-8-18-40-28/h2-7,9-12,14-17,28-29H,8,13,18-23H2,1H3,(H,33,37)/t28-,29+/m1/s1. The van der Waals surface area contributed by atoms with Gasteiger partial charge in [-0.2, -0.15) is 4.31 Å².